The Kier molecular flexibility index (Phi) is 6.73. The van der Waals surface area contributed by atoms with Crippen LogP contribution in [0.25, 0.3) is 0 Å². The third kappa shape index (κ3) is 5.60. The van der Waals surface area contributed by atoms with Crippen LogP contribution in [0.5, 0.6) is 0 Å². The van der Waals surface area contributed by atoms with E-state index < -0.39 is 0 Å². The molecule has 0 aromatic heterocycles. The van der Waals surface area contributed by atoms with E-state index in [9.17, 15) is 4.79 Å². The number of aldehydes is 1. The minimum absolute atomic E-state index is 0.476. The molecule has 0 radical (unpaired) electrons. The summed E-state index contributed by atoms with van der Waals surface area (Å²) >= 11 is 0. The number of aryl methyl sites for hydroxylation is 2. The van der Waals surface area contributed by atoms with Crippen LogP contribution >= 0.6 is 0 Å². The van der Waals surface area contributed by atoms with E-state index >= 15 is 0 Å². The number of fused-ring (bicyclic) bond motifs is 2. The van der Waals surface area contributed by atoms with Crippen LogP contribution in [0.2, 0.25) is 0 Å². The smallest absolute Gasteiger partial charge is 0.150 e. The molecule has 2 aromatic rings. The Morgan fingerprint density at radius 2 is 1.60 bits per heavy atom. The zero-order valence-electron chi connectivity index (χ0n) is 18.7. The predicted molar refractivity (Wildman–Crippen MR) is 125 cm³/mol. The average molecular weight is 404 g/mol. The fraction of sp³-hybridized carbons (Fsp3) is 0.536. The molecule has 2 bridgehead atoms. The molecule has 0 amide bonds. The summed E-state index contributed by atoms with van der Waals surface area (Å²) in [5.41, 5.74) is 5.19. The molecule has 1 N–H and O–H groups in total. The Balaban J connectivity index is 1.23. The molecular formula is C28H37NO. The molecule has 2 fully saturated rings. The van der Waals surface area contributed by atoms with E-state index in [0.29, 0.717) is 5.41 Å². The normalized spacial score (nSPS) is 28.3. The number of carbonyl (C=O) groups excluding carboxylic acids is 1. The second-order valence-corrected chi connectivity index (χ2v) is 10.5. The Hall–Kier alpha value is -1.93. The lowest BCUT2D eigenvalue weighted by molar-refractivity contribution is 0.0463. The van der Waals surface area contributed by atoms with Gasteiger partial charge in [0.25, 0.3) is 0 Å². The maximum atomic E-state index is 10.9. The summed E-state index contributed by atoms with van der Waals surface area (Å²) in [7, 11) is 0. The Labute approximate surface area is 182 Å². The predicted octanol–water partition coefficient (Wildman–Crippen LogP) is 6.23. The molecule has 2 nitrogen and oxygen atoms in total. The van der Waals surface area contributed by atoms with Crippen molar-refractivity contribution in [2.75, 3.05) is 6.54 Å². The van der Waals surface area contributed by atoms with Crippen LogP contribution in [-0.2, 0) is 19.4 Å². The minimum atomic E-state index is 0.476. The van der Waals surface area contributed by atoms with E-state index in [1.54, 1.807) is 0 Å². The van der Waals surface area contributed by atoms with Gasteiger partial charge in [0.2, 0.25) is 0 Å². The van der Waals surface area contributed by atoms with E-state index in [1.165, 1.54) is 48.8 Å². The van der Waals surface area contributed by atoms with Gasteiger partial charge in [-0.25, -0.2) is 0 Å². The maximum absolute atomic E-state index is 10.9. The molecule has 0 spiro atoms. The summed E-state index contributed by atoms with van der Waals surface area (Å²) in [6.07, 6.45) is 10.1. The van der Waals surface area contributed by atoms with Crippen molar-refractivity contribution in [3.05, 3.63) is 70.8 Å². The lowest BCUT2D eigenvalue weighted by Crippen LogP contribution is -2.41. The number of rotatable bonds is 8. The molecule has 160 valence electrons. The van der Waals surface area contributed by atoms with Gasteiger partial charge in [0.15, 0.2) is 0 Å². The van der Waals surface area contributed by atoms with E-state index in [2.05, 4.69) is 49.5 Å². The lowest BCUT2D eigenvalue weighted by Gasteiger charge is -2.47. The third-order valence-electron chi connectivity index (χ3n) is 7.39. The fourth-order valence-corrected chi connectivity index (χ4v) is 6.30. The SMILES string of the molecule is CC1CC2CC(C1)CC(C)(CNCc1ccc(CCc3cccc(C=O)c3)cc1)C2. The highest BCUT2D eigenvalue weighted by molar-refractivity contribution is 5.74. The van der Waals surface area contributed by atoms with Crippen LogP contribution in [0.3, 0.4) is 0 Å². The molecule has 2 unspecified atom stereocenters. The molecule has 0 saturated heterocycles. The van der Waals surface area contributed by atoms with E-state index in [-0.39, 0.29) is 0 Å². The molecule has 0 aliphatic heterocycles. The molecule has 0 heterocycles. The Morgan fingerprint density at radius 3 is 2.30 bits per heavy atom. The van der Waals surface area contributed by atoms with Gasteiger partial charge in [0.1, 0.15) is 6.29 Å². The second kappa shape index (κ2) is 9.47. The van der Waals surface area contributed by atoms with Gasteiger partial charge in [-0.1, -0.05) is 56.3 Å². The van der Waals surface area contributed by atoms with Crippen molar-refractivity contribution < 1.29 is 4.79 Å². The quantitative estimate of drug-likeness (QED) is 0.530. The Bertz CT molecular complexity index is 822. The molecule has 2 saturated carbocycles. The summed E-state index contributed by atoms with van der Waals surface area (Å²) in [6, 6.07) is 17.0. The van der Waals surface area contributed by atoms with E-state index in [4.69, 9.17) is 0 Å². The van der Waals surface area contributed by atoms with Gasteiger partial charge in [-0.05, 0) is 90.9 Å². The summed E-state index contributed by atoms with van der Waals surface area (Å²) in [5, 5.41) is 3.77. The first-order chi connectivity index (χ1) is 14.5. The van der Waals surface area contributed by atoms with Gasteiger partial charge in [-0.15, -0.1) is 0 Å². The number of carbonyl (C=O) groups is 1. The lowest BCUT2D eigenvalue weighted by atomic mass is 9.59. The van der Waals surface area contributed by atoms with Crippen molar-refractivity contribution in [1.82, 2.24) is 5.32 Å². The van der Waals surface area contributed by atoms with Crippen molar-refractivity contribution in [2.45, 2.75) is 65.3 Å². The first kappa shape index (κ1) is 21.3. The highest BCUT2D eigenvalue weighted by Crippen LogP contribution is 2.49. The average Bonchev–Trinajstić information content (AvgIpc) is 2.72. The van der Waals surface area contributed by atoms with Gasteiger partial charge in [-0.3, -0.25) is 4.79 Å². The van der Waals surface area contributed by atoms with Crippen molar-refractivity contribution in [1.29, 1.82) is 0 Å². The second-order valence-electron chi connectivity index (χ2n) is 10.5. The molecule has 2 aromatic carbocycles. The number of hydrogen-bond donors (Lipinski definition) is 1. The molecule has 2 atom stereocenters. The molecule has 2 aliphatic carbocycles. The maximum Gasteiger partial charge on any atom is 0.150 e. The summed E-state index contributed by atoms with van der Waals surface area (Å²) < 4.78 is 0. The Morgan fingerprint density at radius 1 is 0.933 bits per heavy atom. The molecule has 2 heteroatoms. The summed E-state index contributed by atoms with van der Waals surface area (Å²) in [5.74, 6) is 2.87. The zero-order chi connectivity index (χ0) is 21.0. The molecule has 30 heavy (non-hydrogen) atoms. The van der Waals surface area contributed by atoms with Gasteiger partial charge in [0, 0.05) is 18.7 Å². The van der Waals surface area contributed by atoms with Gasteiger partial charge in [-0.2, -0.15) is 0 Å². The summed E-state index contributed by atoms with van der Waals surface area (Å²) in [4.78, 5) is 10.9. The van der Waals surface area contributed by atoms with Crippen LogP contribution in [-0.4, -0.2) is 12.8 Å². The van der Waals surface area contributed by atoms with Crippen molar-refractivity contribution in [2.24, 2.45) is 23.2 Å². The summed E-state index contributed by atoms with van der Waals surface area (Å²) in [6.45, 7) is 7.07. The van der Waals surface area contributed by atoms with Crippen LogP contribution in [0.1, 0.15) is 73.0 Å². The molecule has 2 aliphatic rings. The highest BCUT2D eigenvalue weighted by atomic mass is 16.1. The number of hydrogen-bond acceptors (Lipinski definition) is 2. The van der Waals surface area contributed by atoms with Gasteiger partial charge < -0.3 is 5.32 Å². The molecule has 4 rings (SSSR count). The van der Waals surface area contributed by atoms with Crippen molar-refractivity contribution >= 4 is 6.29 Å². The monoisotopic (exact) mass is 403 g/mol. The standard InChI is InChI=1S/C28H37NO/c1-21-12-26-15-27(13-21)17-28(2,16-26)20-29-18-24-10-7-22(8-11-24)6-9-23-4-3-5-25(14-23)19-30/h3-5,7-8,10-11,14,19,21,26-27,29H,6,9,12-13,15-18,20H2,1-2H3. The van der Waals surface area contributed by atoms with Gasteiger partial charge >= 0.3 is 0 Å². The number of benzene rings is 2. The van der Waals surface area contributed by atoms with Crippen molar-refractivity contribution in [3.8, 4) is 0 Å². The van der Waals surface area contributed by atoms with Crippen LogP contribution in [0.4, 0.5) is 0 Å². The van der Waals surface area contributed by atoms with Gasteiger partial charge in [0.05, 0.1) is 0 Å². The van der Waals surface area contributed by atoms with Crippen LogP contribution in [0.15, 0.2) is 48.5 Å². The van der Waals surface area contributed by atoms with Crippen LogP contribution in [0, 0.1) is 23.2 Å². The van der Waals surface area contributed by atoms with E-state index in [0.717, 1.165) is 55.5 Å². The first-order valence-corrected chi connectivity index (χ1v) is 11.8. The number of nitrogens with one attached hydrogen (secondary N) is 1. The first-order valence-electron chi connectivity index (χ1n) is 11.8. The highest BCUT2D eigenvalue weighted by Gasteiger charge is 2.40. The van der Waals surface area contributed by atoms with Crippen LogP contribution < -0.4 is 5.32 Å². The fourth-order valence-electron chi connectivity index (χ4n) is 6.30. The largest absolute Gasteiger partial charge is 0.312 e. The molecular weight excluding hydrogens is 366 g/mol. The van der Waals surface area contributed by atoms with E-state index in [1.807, 2.05) is 18.2 Å². The zero-order valence-corrected chi connectivity index (χ0v) is 18.7. The van der Waals surface area contributed by atoms with Crippen molar-refractivity contribution in [3.63, 3.8) is 0 Å². The topological polar surface area (TPSA) is 29.1 Å². The third-order valence-corrected chi connectivity index (χ3v) is 7.39. The minimum Gasteiger partial charge on any atom is -0.312 e.